The summed E-state index contributed by atoms with van der Waals surface area (Å²) < 4.78 is 0. The maximum Gasteiger partial charge on any atom is 0.161 e. The van der Waals surface area contributed by atoms with Gasteiger partial charge in [0.15, 0.2) is 5.78 Å². The van der Waals surface area contributed by atoms with E-state index in [0.29, 0.717) is 12.0 Å². The Morgan fingerprint density at radius 3 is 2.72 bits per heavy atom. The Labute approximate surface area is 154 Å². The van der Waals surface area contributed by atoms with Crippen LogP contribution in [0.1, 0.15) is 56.1 Å². The van der Waals surface area contributed by atoms with Gasteiger partial charge in [-0.15, -0.1) is 11.8 Å². The number of rotatable bonds is 5. The zero-order chi connectivity index (χ0) is 17.8. The van der Waals surface area contributed by atoms with Crippen molar-refractivity contribution in [1.29, 1.82) is 5.26 Å². The molecule has 0 aromatic heterocycles. The molecule has 0 fully saturated rings. The van der Waals surface area contributed by atoms with Gasteiger partial charge >= 0.3 is 0 Å². The summed E-state index contributed by atoms with van der Waals surface area (Å²) in [5, 5.41) is 14.3. The van der Waals surface area contributed by atoms with E-state index >= 15 is 0 Å². The van der Waals surface area contributed by atoms with Crippen molar-refractivity contribution < 1.29 is 4.79 Å². The molecule has 1 heterocycles. The number of Topliss-reactive ketones (excluding diaryl/α,β-unsaturated/α-hetero) is 1. The number of allylic oxidation sites excluding steroid dienone is 3. The van der Waals surface area contributed by atoms with E-state index in [1.807, 2.05) is 0 Å². The number of unbranched alkanes of at least 4 members (excludes halogenated alkanes) is 1. The predicted molar refractivity (Wildman–Crippen MR) is 103 cm³/mol. The van der Waals surface area contributed by atoms with Gasteiger partial charge in [-0.3, -0.25) is 4.79 Å². The number of hydrogen-bond acceptors (Lipinski definition) is 4. The smallest absolute Gasteiger partial charge is 0.161 e. The summed E-state index contributed by atoms with van der Waals surface area (Å²) in [5.74, 6) is 0.949. The zero-order valence-electron chi connectivity index (χ0n) is 14.9. The Bertz CT molecular complexity index is 768. The molecule has 0 radical (unpaired) electrons. The lowest BCUT2D eigenvalue weighted by Crippen LogP contribution is -2.31. The highest BCUT2D eigenvalue weighted by atomic mass is 32.2. The first-order valence-corrected chi connectivity index (χ1v) is 10.0. The molecule has 1 N–H and O–H groups in total. The minimum Gasteiger partial charge on any atom is -0.352 e. The molecule has 0 amide bonds. The number of nitrogens with one attached hydrogen (secondary N) is 1. The summed E-state index contributed by atoms with van der Waals surface area (Å²) >= 11 is 1.71. The summed E-state index contributed by atoms with van der Waals surface area (Å²) in [6, 6.07) is 10.6. The highest BCUT2D eigenvalue weighted by Crippen LogP contribution is 2.44. The van der Waals surface area contributed by atoms with Crippen molar-refractivity contribution in [2.45, 2.75) is 51.9 Å². The Balaban J connectivity index is 2.06. The minimum absolute atomic E-state index is 0.185. The first-order valence-electron chi connectivity index (χ1n) is 9.02. The molecule has 0 spiro atoms. The molecule has 130 valence electrons. The number of nitrogens with zero attached hydrogens (tertiary/aromatic N) is 1. The fraction of sp³-hybridized carbons (Fsp3) is 0.429. The predicted octanol–water partition coefficient (Wildman–Crippen LogP) is 4.96. The summed E-state index contributed by atoms with van der Waals surface area (Å²) in [6.45, 7) is 4.22. The van der Waals surface area contributed by atoms with Gasteiger partial charge in [-0.1, -0.05) is 43.2 Å². The molecule has 1 aromatic carbocycles. The Hall–Kier alpha value is -1.99. The van der Waals surface area contributed by atoms with Crippen LogP contribution in [0, 0.1) is 18.3 Å². The number of ketones is 1. The highest BCUT2D eigenvalue weighted by molar-refractivity contribution is 8.03. The van der Waals surface area contributed by atoms with Crippen molar-refractivity contribution in [1.82, 2.24) is 5.32 Å². The van der Waals surface area contributed by atoms with Gasteiger partial charge in [-0.05, 0) is 37.5 Å². The van der Waals surface area contributed by atoms with Crippen LogP contribution in [0.15, 0.2) is 46.1 Å². The average molecular weight is 353 g/mol. The van der Waals surface area contributed by atoms with Gasteiger partial charge in [0.25, 0.3) is 0 Å². The normalized spacial score (nSPS) is 20.2. The number of carbonyl (C=O) groups excluding carboxylic acids is 1. The number of hydrogen-bond donors (Lipinski definition) is 1. The van der Waals surface area contributed by atoms with E-state index in [-0.39, 0.29) is 11.7 Å². The summed E-state index contributed by atoms with van der Waals surface area (Å²) in [5.41, 5.74) is 4.76. The fourth-order valence-corrected chi connectivity index (χ4v) is 4.60. The number of benzene rings is 1. The second-order valence-electron chi connectivity index (χ2n) is 6.69. The third-order valence-electron chi connectivity index (χ3n) is 4.82. The van der Waals surface area contributed by atoms with E-state index in [0.717, 1.165) is 53.3 Å². The molecule has 1 aliphatic carbocycles. The lowest BCUT2D eigenvalue weighted by molar-refractivity contribution is -0.116. The second-order valence-corrected chi connectivity index (χ2v) is 7.80. The standard InChI is InChI=1S/C21H24N2OS/c1-3-4-12-25-21-16(13-22)19(15-10-8-14(2)9-11-15)20-17(23-21)6-5-7-18(20)24/h8-11,19,23H,3-7,12H2,1-2H3/t19-/m0/s1. The average Bonchev–Trinajstić information content (AvgIpc) is 2.62. The molecular formula is C21H24N2OS. The number of dihydropyridines is 1. The molecule has 1 aromatic rings. The van der Waals surface area contributed by atoms with Crippen molar-refractivity contribution in [2.24, 2.45) is 0 Å². The molecule has 1 aliphatic heterocycles. The van der Waals surface area contributed by atoms with Crippen LogP contribution in [0.25, 0.3) is 0 Å². The maximum absolute atomic E-state index is 12.7. The van der Waals surface area contributed by atoms with Crippen molar-refractivity contribution >= 4 is 17.5 Å². The molecule has 0 saturated carbocycles. The molecule has 3 rings (SSSR count). The number of nitriles is 1. The Morgan fingerprint density at radius 2 is 2.04 bits per heavy atom. The molecule has 0 unspecified atom stereocenters. The van der Waals surface area contributed by atoms with Gasteiger partial charge in [0.1, 0.15) is 0 Å². The number of aryl methyl sites for hydroxylation is 1. The third-order valence-corrected chi connectivity index (χ3v) is 5.92. The van der Waals surface area contributed by atoms with E-state index in [9.17, 15) is 10.1 Å². The first-order chi connectivity index (χ1) is 12.2. The van der Waals surface area contributed by atoms with Gasteiger partial charge < -0.3 is 5.32 Å². The molecule has 2 aliphatic rings. The first kappa shape index (κ1) is 17.8. The van der Waals surface area contributed by atoms with Gasteiger partial charge in [0, 0.05) is 17.7 Å². The van der Waals surface area contributed by atoms with Gasteiger partial charge in [0.2, 0.25) is 0 Å². The largest absolute Gasteiger partial charge is 0.352 e. The van der Waals surface area contributed by atoms with Crippen LogP contribution in [0.5, 0.6) is 0 Å². The van der Waals surface area contributed by atoms with Gasteiger partial charge in [-0.2, -0.15) is 5.26 Å². The molecule has 3 nitrogen and oxygen atoms in total. The SMILES string of the molecule is CCCCSC1=C(C#N)[C@H](c2ccc(C)cc2)C2=C(CCCC2=O)N1. The van der Waals surface area contributed by atoms with Crippen LogP contribution in [0.4, 0.5) is 0 Å². The molecule has 0 saturated heterocycles. The Kier molecular flexibility index (Phi) is 5.65. The van der Waals surface area contributed by atoms with Crippen molar-refractivity contribution in [2.75, 3.05) is 5.75 Å². The number of carbonyl (C=O) groups is 1. The molecule has 25 heavy (non-hydrogen) atoms. The van der Waals surface area contributed by atoms with Crippen molar-refractivity contribution in [3.05, 3.63) is 57.3 Å². The minimum atomic E-state index is -0.223. The molecule has 1 atom stereocenters. The van der Waals surface area contributed by atoms with Gasteiger partial charge in [-0.25, -0.2) is 0 Å². The van der Waals surface area contributed by atoms with Crippen molar-refractivity contribution in [3.8, 4) is 6.07 Å². The summed E-state index contributed by atoms with van der Waals surface area (Å²) in [4.78, 5) is 12.7. The van der Waals surface area contributed by atoms with Crippen LogP contribution in [-0.2, 0) is 4.79 Å². The van der Waals surface area contributed by atoms with E-state index in [1.165, 1.54) is 5.56 Å². The highest BCUT2D eigenvalue weighted by Gasteiger charge is 2.36. The lowest BCUT2D eigenvalue weighted by Gasteiger charge is -2.33. The van der Waals surface area contributed by atoms with Crippen LogP contribution < -0.4 is 5.32 Å². The van der Waals surface area contributed by atoms with Crippen LogP contribution in [0.2, 0.25) is 0 Å². The van der Waals surface area contributed by atoms with E-state index in [2.05, 4.69) is 49.5 Å². The molecular weight excluding hydrogens is 328 g/mol. The molecule has 0 bridgehead atoms. The Morgan fingerprint density at radius 1 is 1.28 bits per heavy atom. The van der Waals surface area contributed by atoms with Gasteiger partial charge in [0.05, 0.1) is 22.6 Å². The fourth-order valence-electron chi connectivity index (χ4n) is 3.45. The molecule has 4 heteroatoms. The summed E-state index contributed by atoms with van der Waals surface area (Å²) in [6.07, 6.45) is 4.62. The monoisotopic (exact) mass is 352 g/mol. The maximum atomic E-state index is 12.7. The van der Waals surface area contributed by atoms with Crippen LogP contribution >= 0.6 is 11.8 Å². The summed E-state index contributed by atoms with van der Waals surface area (Å²) in [7, 11) is 0. The van der Waals surface area contributed by atoms with Crippen LogP contribution in [0.3, 0.4) is 0 Å². The van der Waals surface area contributed by atoms with E-state index in [1.54, 1.807) is 11.8 Å². The van der Waals surface area contributed by atoms with Crippen molar-refractivity contribution in [3.63, 3.8) is 0 Å². The van der Waals surface area contributed by atoms with E-state index < -0.39 is 0 Å². The lowest BCUT2D eigenvalue weighted by atomic mass is 9.77. The third kappa shape index (κ3) is 3.67. The second kappa shape index (κ2) is 7.93. The zero-order valence-corrected chi connectivity index (χ0v) is 15.7. The topological polar surface area (TPSA) is 52.9 Å². The van der Waals surface area contributed by atoms with Crippen LogP contribution in [-0.4, -0.2) is 11.5 Å². The number of thioether (sulfide) groups is 1. The quantitative estimate of drug-likeness (QED) is 0.761. The van der Waals surface area contributed by atoms with E-state index in [4.69, 9.17) is 0 Å².